The zero-order chi connectivity index (χ0) is 13.4. The zero-order valence-electron chi connectivity index (χ0n) is 10.3. The first-order chi connectivity index (χ1) is 8.67. The number of benzene rings is 1. The average Bonchev–Trinajstić information content (AvgIpc) is 2.38. The van der Waals surface area contributed by atoms with Gasteiger partial charge >= 0.3 is 5.97 Å². The van der Waals surface area contributed by atoms with E-state index in [4.69, 9.17) is 16.3 Å². The first kappa shape index (κ1) is 14.3. The Hall–Kier alpha value is -1.75. The molecule has 0 saturated carbocycles. The van der Waals surface area contributed by atoms with E-state index in [-0.39, 0.29) is 11.8 Å². The lowest BCUT2D eigenvalue weighted by Crippen LogP contribution is -2.13. The molecule has 6 heteroatoms. The number of rotatable bonds is 6. The number of hydrogen-bond acceptors (Lipinski definition) is 5. The monoisotopic (exact) mass is 270 g/mol. The Morgan fingerprint density at radius 3 is 2.50 bits per heavy atom. The fraction of sp³-hybridized carbons (Fsp3) is 0.333. The van der Waals surface area contributed by atoms with Crippen LogP contribution in [0.15, 0.2) is 29.4 Å². The summed E-state index contributed by atoms with van der Waals surface area (Å²) in [5.41, 5.74) is 3.35. The number of carbonyl (C=O) groups excluding carboxylic acids is 1. The summed E-state index contributed by atoms with van der Waals surface area (Å²) in [6.07, 6.45) is 0. The van der Waals surface area contributed by atoms with Crippen LogP contribution in [0, 0.1) is 0 Å². The molecule has 0 heterocycles. The van der Waals surface area contributed by atoms with E-state index in [1.807, 2.05) is 6.92 Å². The zero-order valence-corrected chi connectivity index (χ0v) is 11.0. The molecule has 0 fully saturated rings. The normalized spacial score (nSPS) is 10.9. The molecular formula is C12H15ClN2O3. The number of esters is 1. The van der Waals surface area contributed by atoms with Crippen molar-refractivity contribution in [1.29, 1.82) is 0 Å². The highest BCUT2D eigenvalue weighted by molar-refractivity contribution is 6.82. The number of anilines is 1. The first-order valence-electron chi connectivity index (χ1n) is 5.56. The molecule has 0 aliphatic carbocycles. The summed E-state index contributed by atoms with van der Waals surface area (Å²) >= 11 is 5.63. The minimum absolute atomic E-state index is 0.245. The van der Waals surface area contributed by atoms with Crippen LogP contribution < -0.4 is 10.2 Å². The van der Waals surface area contributed by atoms with E-state index in [9.17, 15) is 4.79 Å². The number of nitrogens with zero attached hydrogens (tertiary/aromatic N) is 1. The molecule has 1 aromatic rings. The third-order valence-corrected chi connectivity index (χ3v) is 2.13. The second kappa shape index (κ2) is 7.55. The van der Waals surface area contributed by atoms with E-state index >= 15 is 0 Å². The van der Waals surface area contributed by atoms with Crippen LogP contribution in [0.4, 0.5) is 5.69 Å². The molecule has 0 spiro atoms. The quantitative estimate of drug-likeness (QED) is 0.490. The van der Waals surface area contributed by atoms with E-state index < -0.39 is 5.97 Å². The van der Waals surface area contributed by atoms with Gasteiger partial charge in [0.2, 0.25) is 5.17 Å². The van der Waals surface area contributed by atoms with Crippen molar-refractivity contribution in [3.8, 4) is 5.75 Å². The smallest absolute Gasteiger partial charge is 0.370 e. The second-order valence-corrected chi connectivity index (χ2v) is 3.55. The summed E-state index contributed by atoms with van der Waals surface area (Å²) in [6.45, 7) is 4.48. The fourth-order valence-electron chi connectivity index (χ4n) is 1.14. The van der Waals surface area contributed by atoms with Gasteiger partial charge in [0, 0.05) is 0 Å². The third kappa shape index (κ3) is 4.63. The van der Waals surface area contributed by atoms with Gasteiger partial charge in [-0.05, 0) is 38.1 Å². The number of nitrogens with one attached hydrogen (secondary N) is 1. The Balaban J connectivity index is 2.57. The maximum Gasteiger partial charge on any atom is 0.370 e. The summed E-state index contributed by atoms with van der Waals surface area (Å²) in [5.74, 6) is 0.112. The van der Waals surface area contributed by atoms with Crippen LogP contribution in [0.3, 0.4) is 0 Å². The fourth-order valence-corrected chi connectivity index (χ4v) is 1.24. The Morgan fingerprint density at radius 1 is 1.28 bits per heavy atom. The van der Waals surface area contributed by atoms with Crippen molar-refractivity contribution in [2.24, 2.45) is 5.10 Å². The molecular weight excluding hydrogens is 256 g/mol. The number of ether oxygens (including phenoxy) is 2. The van der Waals surface area contributed by atoms with Gasteiger partial charge in [-0.1, -0.05) is 11.6 Å². The number of hydrazone groups is 1. The van der Waals surface area contributed by atoms with Crippen molar-refractivity contribution >= 4 is 28.4 Å². The van der Waals surface area contributed by atoms with Gasteiger partial charge in [0.05, 0.1) is 18.9 Å². The van der Waals surface area contributed by atoms with E-state index in [1.54, 1.807) is 31.2 Å². The predicted molar refractivity (Wildman–Crippen MR) is 71.2 cm³/mol. The second-order valence-electron chi connectivity index (χ2n) is 3.19. The van der Waals surface area contributed by atoms with Crippen molar-refractivity contribution < 1.29 is 14.3 Å². The lowest BCUT2D eigenvalue weighted by molar-refractivity contribution is -0.134. The number of halogens is 1. The molecule has 0 atom stereocenters. The van der Waals surface area contributed by atoms with Gasteiger partial charge in [-0.15, -0.1) is 0 Å². The van der Waals surface area contributed by atoms with Gasteiger partial charge in [-0.2, -0.15) is 5.10 Å². The molecule has 0 radical (unpaired) electrons. The molecule has 0 saturated heterocycles. The van der Waals surface area contributed by atoms with Gasteiger partial charge in [0.1, 0.15) is 5.75 Å². The summed E-state index contributed by atoms with van der Waals surface area (Å²) in [4.78, 5) is 11.2. The van der Waals surface area contributed by atoms with Crippen LogP contribution in [-0.4, -0.2) is 24.4 Å². The largest absolute Gasteiger partial charge is 0.494 e. The predicted octanol–water partition coefficient (Wildman–Crippen LogP) is 2.61. The molecule has 1 rings (SSSR count). The number of hydrogen-bond donors (Lipinski definition) is 1. The lowest BCUT2D eigenvalue weighted by Gasteiger charge is -2.04. The molecule has 0 amide bonds. The summed E-state index contributed by atoms with van der Waals surface area (Å²) in [6, 6.07) is 7.12. The molecule has 18 heavy (non-hydrogen) atoms. The molecule has 0 unspecified atom stereocenters. The van der Waals surface area contributed by atoms with Crippen molar-refractivity contribution in [3.63, 3.8) is 0 Å². The van der Waals surface area contributed by atoms with Gasteiger partial charge in [-0.3, -0.25) is 5.43 Å². The molecule has 98 valence electrons. The Kier molecular flexibility index (Phi) is 6.00. The van der Waals surface area contributed by atoms with E-state index in [0.717, 1.165) is 5.75 Å². The molecule has 0 aliphatic heterocycles. The summed E-state index contributed by atoms with van der Waals surface area (Å²) in [7, 11) is 0. The van der Waals surface area contributed by atoms with Crippen molar-refractivity contribution in [3.05, 3.63) is 24.3 Å². The number of carbonyl (C=O) groups is 1. The van der Waals surface area contributed by atoms with Crippen molar-refractivity contribution in [2.45, 2.75) is 13.8 Å². The minimum atomic E-state index is -0.655. The van der Waals surface area contributed by atoms with Crippen molar-refractivity contribution in [1.82, 2.24) is 0 Å². The minimum Gasteiger partial charge on any atom is -0.494 e. The van der Waals surface area contributed by atoms with Gasteiger partial charge in [0.25, 0.3) is 0 Å². The standard InChI is InChI=1S/C12H15ClN2O3/c1-3-17-10-7-5-9(6-8-10)14-15-11(13)12(16)18-4-2/h5-8,14H,3-4H2,1-2H3. The van der Waals surface area contributed by atoms with E-state index in [0.29, 0.717) is 12.3 Å². The van der Waals surface area contributed by atoms with Crippen LogP contribution in [0.1, 0.15) is 13.8 Å². The Morgan fingerprint density at radius 2 is 1.94 bits per heavy atom. The SMILES string of the molecule is CCOC(=O)C(Cl)=NNc1ccc(OCC)cc1. The highest BCUT2D eigenvalue weighted by Gasteiger charge is 2.08. The van der Waals surface area contributed by atoms with Crippen LogP contribution in [0.2, 0.25) is 0 Å². The van der Waals surface area contributed by atoms with Crippen LogP contribution in [0.25, 0.3) is 0 Å². The topological polar surface area (TPSA) is 59.9 Å². The molecule has 0 aromatic heterocycles. The Labute approximate surface area is 111 Å². The Bertz CT molecular complexity index is 418. The van der Waals surface area contributed by atoms with Crippen LogP contribution >= 0.6 is 11.6 Å². The average molecular weight is 271 g/mol. The maximum atomic E-state index is 11.2. The summed E-state index contributed by atoms with van der Waals surface area (Å²) in [5, 5.41) is 3.46. The third-order valence-electron chi connectivity index (χ3n) is 1.89. The van der Waals surface area contributed by atoms with Crippen molar-refractivity contribution in [2.75, 3.05) is 18.6 Å². The van der Waals surface area contributed by atoms with Gasteiger partial charge < -0.3 is 9.47 Å². The molecule has 1 aromatic carbocycles. The van der Waals surface area contributed by atoms with Gasteiger partial charge in [-0.25, -0.2) is 4.79 Å². The van der Waals surface area contributed by atoms with E-state index in [2.05, 4.69) is 15.3 Å². The highest BCUT2D eigenvalue weighted by atomic mass is 35.5. The van der Waals surface area contributed by atoms with E-state index in [1.165, 1.54) is 0 Å². The molecule has 0 aliphatic rings. The lowest BCUT2D eigenvalue weighted by atomic mass is 10.3. The summed E-state index contributed by atoms with van der Waals surface area (Å²) < 4.78 is 9.97. The molecule has 5 nitrogen and oxygen atoms in total. The van der Waals surface area contributed by atoms with Crippen LogP contribution in [-0.2, 0) is 9.53 Å². The maximum absolute atomic E-state index is 11.2. The molecule has 0 bridgehead atoms. The van der Waals surface area contributed by atoms with Crippen LogP contribution in [0.5, 0.6) is 5.75 Å². The van der Waals surface area contributed by atoms with Gasteiger partial charge in [0.15, 0.2) is 0 Å². The molecule has 1 N–H and O–H groups in total. The highest BCUT2D eigenvalue weighted by Crippen LogP contribution is 2.15. The first-order valence-corrected chi connectivity index (χ1v) is 5.94.